The van der Waals surface area contributed by atoms with Gasteiger partial charge in [0, 0.05) is 50.2 Å². The third-order valence-corrected chi connectivity index (χ3v) is 7.61. The zero-order valence-corrected chi connectivity index (χ0v) is 17.5. The molecular formula is C18H21F4N5O3S. The summed E-state index contributed by atoms with van der Waals surface area (Å²) in [6.45, 7) is 0.923. The maximum atomic E-state index is 15.6. The van der Waals surface area contributed by atoms with Crippen molar-refractivity contribution in [3.63, 3.8) is 0 Å². The Balaban J connectivity index is 1.71. The molecule has 0 bridgehead atoms. The molecule has 13 heteroatoms. The second-order valence-electron chi connectivity index (χ2n) is 7.40. The Morgan fingerprint density at radius 2 is 1.97 bits per heavy atom. The molecule has 8 nitrogen and oxygen atoms in total. The highest BCUT2D eigenvalue weighted by atomic mass is 32.2. The first-order chi connectivity index (χ1) is 14.4. The number of aromatic nitrogens is 3. The summed E-state index contributed by atoms with van der Waals surface area (Å²) in [5, 5.41) is 3.09. The average Bonchev–Trinajstić information content (AvgIpc) is 3.11. The first-order valence-electron chi connectivity index (χ1n) is 9.36. The van der Waals surface area contributed by atoms with E-state index >= 15 is 4.39 Å². The molecule has 0 aliphatic carbocycles. The monoisotopic (exact) mass is 463 g/mol. The minimum Gasteiger partial charge on any atom is -0.325 e. The molecule has 0 aromatic carbocycles. The molecule has 0 radical (unpaired) electrons. The Hall–Kier alpha value is -2.70. The van der Waals surface area contributed by atoms with Crippen LogP contribution in [0.3, 0.4) is 0 Å². The van der Waals surface area contributed by atoms with E-state index in [0.717, 1.165) is 23.9 Å². The lowest BCUT2D eigenvalue weighted by Crippen LogP contribution is -2.48. The van der Waals surface area contributed by atoms with Gasteiger partial charge in [-0.05, 0) is 25.8 Å². The van der Waals surface area contributed by atoms with Crippen LogP contribution in [0, 0.1) is 11.9 Å². The van der Waals surface area contributed by atoms with Crippen LogP contribution >= 0.6 is 0 Å². The molecule has 1 N–H and O–H groups in total. The fourth-order valence-electron chi connectivity index (χ4n) is 3.56. The highest BCUT2D eigenvalue weighted by Crippen LogP contribution is 2.41. The van der Waals surface area contributed by atoms with Crippen molar-refractivity contribution in [2.45, 2.75) is 36.1 Å². The first kappa shape index (κ1) is 23.0. The van der Waals surface area contributed by atoms with E-state index in [1.165, 1.54) is 24.2 Å². The number of likely N-dealkylation sites (tertiary alicyclic amines) is 1. The van der Waals surface area contributed by atoms with E-state index in [-0.39, 0.29) is 31.6 Å². The smallest absolute Gasteiger partial charge is 0.321 e. The SMILES string of the molecule is Cn1cc(S(=O)(=O)[C@@](C)(F)C2CCN(C(=O)Nc3ccnc(F)c3)CC2)c(C(F)F)n1. The lowest BCUT2D eigenvalue weighted by atomic mass is 9.92. The van der Waals surface area contributed by atoms with Crippen LogP contribution in [0.15, 0.2) is 29.4 Å². The van der Waals surface area contributed by atoms with Crippen molar-refractivity contribution in [3.05, 3.63) is 36.2 Å². The Morgan fingerprint density at radius 3 is 2.55 bits per heavy atom. The fourth-order valence-corrected chi connectivity index (χ4v) is 5.36. The van der Waals surface area contributed by atoms with Crippen LogP contribution in [-0.2, 0) is 16.9 Å². The van der Waals surface area contributed by atoms with Gasteiger partial charge in [-0.1, -0.05) is 0 Å². The van der Waals surface area contributed by atoms with Gasteiger partial charge in [0.25, 0.3) is 6.43 Å². The normalized spacial score (nSPS) is 17.6. The van der Waals surface area contributed by atoms with Crippen molar-refractivity contribution in [1.82, 2.24) is 19.7 Å². The van der Waals surface area contributed by atoms with E-state index in [1.54, 1.807) is 0 Å². The van der Waals surface area contributed by atoms with Gasteiger partial charge in [0.2, 0.25) is 20.8 Å². The summed E-state index contributed by atoms with van der Waals surface area (Å²) in [6.07, 6.45) is -1.14. The quantitative estimate of drug-likeness (QED) is 0.542. The molecule has 31 heavy (non-hydrogen) atoms. The van der Waals surface area contributed by atoms with Crippen LogP contribution in [0.25, 0.3) is 0 Å². The number of carbonyl (C=O) groups excluding carboxylic acids is 1. The fraction of sp³-hybridized carbons (Fsp3) is 0.500. The molecule has 0 saturated carbocycles. The maximum absolute atomic E-state index is 15.6. The standard InChI is InChI=1S/C18H21F4N5O3S/c1-18(22,31(29,30)13-10-26(2)25-15(13)16(20)21)11-4-7-27(8-5-11)17(28)24-12-3-6-23-14(19)9-12/h3,6,9-11,16H,4-5,7-8H2,1-2H3,(H,23,24,28)/t18-/m1/s1. The molecule has 3 rings (SSSR count). The average molecular weight is 463 g/mol. The highest BCUT2D eigenvalue weighted by molar-refractivity contribution is 7.92. The van der Waals surface area contributed by atoms with Crippen molar-refractivity contribution < 1.29 is 30.8 Å². The predicted octanol–water partition coefficient (Wildman–Crippen LogP) is 3.30. The molecule has 1 atom stereocenters. The number of piperidine rings is 1. The van der Waals surface area contributed by atoms with Gasteiger partial charge in [-0.25, -0.2) is 31.4 Å². The van der Waals surface area contributed by atoms with Gasteiger partial charge in [-0.15, -0.1) is 0 Å². The van der Waals surface area contributed by atoms with Gasteiger partial charge in [0.05, 0.1) is 0 Å². The predicted molar refractivity (Wildman–Crippen MR) is 102 cm³/mol. The highest BCUT2D eigenvalue weighted by Gasteiger charge is 2.50. The van der Waals surface area contributed by atoms with Crippen LogP contribution < -0.4 is 5.32 Å². The van der Waals surface area contributed by atoms with Crippen LogP contribution in [0.5, 0.6) is 0 Å². The van der Waals surface area contributed by atoms with Crippen molar-refractivity contribution in [3.8, 4) is 0 Å². The number of alkyl halides is 3. The molecule has 0 unspecified atom stereocenters. The molecule has 0 spiro atoms. The molecule has 1 fully saturated rings. The van der Waals surface area contributed by atoms with Gasteiger partial charge >= 0.3 is 6.03 Å². The minimum atomic E-state index is -4.78. The van der Waals surface area contributed by atoms with Crippen LogP contribution in [-0.4, -0.2) is 52.2 Å². The molecule has 2 aromatic heterocycles. The molecule has 1 saturated heterocycles. The largest absolute Gasteiger partial charge is 0.325 e. The summed E-state index contributed by atoms with van der Waals surface area (Å²) in [4.78, 5) is 16.2. The maximum Gasteiger partial charge on any atom is 0.321 e. The molecule has 1 aliphatic rings. The van der Waals surface area contributed by atoms with Gasteiger partial charge in [0.1, 0.15) is 10.6 Å². The molecule has 1 aliphatic heterocycles. The Morgan fingerprint density at radius 1 is 1.32 bits per heavy atom. The first-order valence-corrected chi connectivity index (χ1v) is 10.8. The van der Waals surface area contributed by atoms with Gasteiger partial charge in [-0.2, -0.15) is 9.49 Å². The molecular weight excluding hydrogens is 442 g/mol. The van der Waals surface area contributed by atoms with E-state index < -0.39 is 49.7 Å². The Bertz CT molecular complexity index is 1070. The van der Waals surface area contributed by atoms with Crippen molar-refractivity contribution >= 4 is 21.6 Å². The lowest BCUT2D eigenvalue weighted by molar-refractivity contribution is 0.116. The molecule has 2 aromatic rings. The van der Waals surface area contributed by atoms with E-state index in [0.29, 0.717) is 0 Å². The zero-order valence-electron chi connectivity index (χ0n) is 16.7. The van der Waals surface area contributed by atoms with E-state index in [1.807, 2.05) is 0 Å². The number of urea groups is 1. The summed E-state index contributed by atoms with van der Waals surface area (Å²) in [5.41, 5.74) is -0.804. The number of pyridine rings is 1. The van der Waals surface area contributed by atoms with Crippen molar-refractivity contribution in [1.29, 1.82) is 0 Å². The third-order valence-electron chi connectivity index (χ3n) is 5.33. The zero-order chi connectivity index (χ0) is 23.0. The number of hydrogen-bond acceptors (Lipinski definition) is 5. The second kappa shape index (κ2) is 8.44. The Kier molecular flexibility index (Phi) is 6.25. The third kappa shape index (κ3) is 4.50. The number of rotatable bonds is 5. The number of amides is 2. The van der Waals surface area contributed by atoms with Crippen LogP contribution in [0.1, 0.15) is 31.9 Å². The van der Waals surface area contributed by atoms with Crippen LogP contribution in [0.2, 0.25) is 0 Å². The van der Waals surface area contributed by atoms with Gasteiger partial charge < -0.3 is 10.2 Å². The summed E-state index contributed by atoms with van der Waals surface area (Å²) in [6, 6.07) is 1.87. The number of nitrogens with zero attached hydrogens (tertiary/aromatic N) is 4. The van der Waals surface area contributed by atoms with Gasteiger partial charge in [0.15, 0.2) is 0 Å². The van der Waals surface area contributed by atoms with Crippen molar-refractivity contribution in [2.24, 2.45) is 13.0 Å². The molecule has 2 amide bonds. The number of aryl methyl sites for hydroxylation is 1. The topological polar surface area (TPSA) is 97.2 Å². The summed E-state index contributed by atoms with van der Waals surface area (Å²) in [7, 11) is -3.51. The Labute approximate surface area is 176 Å². The van der Waals surface area contributed by atoms with E-state index in [2.05, 4.69) is 15.4 Å². The molecule has 3 heterocycles. The number of halogens is 4. The van der Waals surface area contributed by atoms with Gasteiger partial charge in [-0.3, -0.25) is 4.68 Å². The van der Waals surface area contributed by atoms with Crippen molar-refractivity contribution in [2.75, 3.05) is 18.4 Å². The number of nitrogens with one attached hydrogen (secondary N) is 1. The minimum absolute atomic E-state index is 0.00533. The summed E-state index contributed by atoms with van der Waals surface area (Å²) in [5.74, 6) is -1.79. The lowest BCUT2D eigenvalue weighted by Gasteiger charge is -2.37. The van der Waals surface area contributed by atoms with E-state index in [9.17, 15) is 26.4 Å². The second-order valence-corrected chi connectivity index (χ2v) is 9.65. The number of carbonyl (C=O) groups is 1. The number of anilines is 1. The summed E-state index contributed by atoms with van der Waals surface area (Å²) >= 11 is 0. The number of sulfone groups is 1. The molecule has 170 valence electrons. The number of hydrogen-bond donors (Lipinski definition) is 1. The summed E-state index contributed by atoms with van der Waals surface area (Å²) < 4.78 is 81.8. The van der Waals surface area contributed by atoms with Crippen LogP contribution in [0.4, 0.5) is 28.0 Å². The van der Waals surface area contributed by atoms with E-state index in [4.69, 9.17) is 0 Å².